The van der Waals surface area contributed by atoms with Crippen LogP contribution in [0.2, 0.25) is 0 Å². The van der Waals surface area contributed by atoms with Crippen LogP contribution in [0.25, 0.3) is 0 Å². The normalized spacial score (nSPS) is 26.4. The van der Waals surface area contributed by atoms with Crippen LogP contribution in [0.4, 0.5) is 0 Å². The molecule has 2 unspecified atom stereocenters. The van der Waals surface area contributed by atoms with Gasteiger partial charge in [-0.3, -0.25) is 0 Å². The Labute approximate surface area is 128 Å². The number of nitrogens with zero attached hydrogens (tertiary/aromatic N) is 1. The van der Waals surface area contributed by atoms with Gasteiger partial charge in [0.15, 0.2) is 0 Å². The highest BCUT2D eigenvalue weighted by atomic mass is 79.9. The fraction of sp³-hybridized carbons (Fsp3) is 0.600. The molecule has 0 radical (unpaired) electrons. The van der Waals surface area contributed by atoms with Crippen LogP contribution < -0.4 is 0 Å². The van der Waals surface area contributed by atoms with Gasteiger partial charge < -0.3 is 4.74 Å². The van der Waals surface area contributed by atoms with E-state index in [4.69, 9.17) is 4.74 Å². The molecule has 1 saturated heterocycles. The monoisotopic (exact) mass is 417 g/mol. The Morgan fingerprint density at radius 2 is 2.28 bits per heavy atom. The Morgan fingerprint density at radius 1 is 1.56 bits per heavy atom. The summed E-state index contributed by atoms with van der Waals surface area (Å²) in [4.78, 5) is 0. The highest BCUT2D eigenvalue weighted by Crippen LogP contribution is 2.30. The molecule has 1 aliphatic rings. The molecule has 18 heavy (non-hydrogen) atoms. The third kappa shape index (κ3) is 2.99. The van der Waals surface area contributed by atoms with Gasteiger partial charge in [0.05, 0.1) is 16.5 Å². The Balaban J connectivity index is 2.28. The number of ether oxygens (including phenoxy) is 1. The van der Waals surface area contributed by atoms with Crippen molar-refractivity contribution in [3.05, 3.63) is 15.9 Å². The Bertz CT molecular complexity index is 517. The van der Waals surface area contributed by atoms with E-state index in [0.29, 0.717) is 22.7 Å². The van der Waals surface area contributed by atoms with Crippen molar-refractivity contribution in [2.45, 2.75) is 23.3 Å². The van der Waals surface area contributed by atoms with E-state index in [0.717, 1.165) is 3.79 Å². The van der Waals surface area contributed by atoms with Crippen molar-refractivity contribution in [3.8, 4) is 0 Å². The van der Waals surface area contributed by atoms with Crippen LogP contribution in [0, 0.1) is 0 Å². The molecule has 0 spiro atoms. The zero-order valence-electron chi connectivity index (χ0n) is 9.68. The molecular weight excluding hydrogens is 406 g/mol. The summed E-state index contributed by atoms with van der Waals surface area (Å²) in [5.74, 6) is 0. The van der Waals surface area contributed by atoms with Crippen molar-refractivity contribution in [3.63, 3.8) is 0 Å². The van der Waals surface area contributed by atoms with E-state index < -0.39 is 10.0 Å². The third-order valence-electron chi connectivity index (χ3n) is 2.73. The molecule has 1 aromatic rings. The molecular formula is C10H13Br2NO3S2. The van der Waals surface area contributed by atoms with E-state index >= 15 is 0 Å². The molecule has 102 valence electrons. The molecule has 0 bridgehead atoms. The summed E-state index contributed by atoms with van der Waals surface area (Å²) in [5, 5.41) is 0.639. The number of hydrogen-bond donors (Lipinski definition) is 0. The lowest BCUT2D eigenvalue weighted by molar-refractivity contribution is -0.0138. The zero-order chi connectivity index (χ0) is 13.3. The minimum Gasteiger partial charge on any atom is -0.374 e. The fourth-order valence-corrected chi connectivity index (χ4v) is 5.95. The van der Waals surface area contributed by atoms with Crippen molar-refractivity contribution in [1.29, 1.82) is 0 Å². The van der Waals surface area contributed by atoms with Crippen LogP contribution >= 0.6 is 43.2 Å². The van der Waals surface area contributed by atoms with Crippen LogP contribution in [0.15, 0.2) is 20.1 Å². The summed E-state index contributed by atoms with van der Waals surface area (Å²) < 4.78 is 33.3. The topological polar surface area (TPSA) is 46.6 Å². The van der Waals surface area contributed by atoms with Crippen molar-refractivity contribution in [2.24, 2.45) is 0 Å². The zero-order valence-corrected chi connectivity index (χ0v) is 14.5. The fourth-order valence-electron chi connectivity index (χ4n) is 1.77. The summed E-state index contributed by atoms with van der Waals surface area (Å²) in [5.41, 5.74) is 0. The highest BCUT2D eigenvalue weighted by molar-refractivity contribution is 9.11. The maximum atomic E-state index is 12.5. The number of halogens is 2. The Hall–Kier alpha value is 0.530. The minimum absolute atomic E-state index is 0.0839. The Morgan fingerprint density at radius 3 is 2.83 bits per heavy atom. The second-order valence-corrected chi connectivity index (χ2v) is 9.32. The van der Waals surface area contributed by atoms with Crippen LogP contribution in [0.3, 0.4) is 0 Å². The van der Waals surface area contributed by atoms with Gasteiger partial charge in [-0.15, -0.1) is 11.3 Å². The number of rotatable bonds is 3. The highest BCUT2D eigenvalue weighted by Gasteiger charge is 2.35. The van der Waals surface area contributed by atoms with E-state index in [1.165, 1.54) is 15.6 Å². The summed E-state index contributed by atoms with van der Waals surface area (Å²) in [6.45, 7) is 2.69. The molecule has 0 aromatic carbocycles. The van der Waals surface area contributed by atoms with Gasteiger partial charge in [-0.2, -0.15) is 4.31 Å². The second-order valence-electron chi connectivity index (χ2n) is 4.09. The molecule has 2 rings (SSSR count). The largest absolute Gasteiger partial charge is 0.374 e. The molecule has 2 atom stereocenters. The average molecular weight is 419 g/mol. The average Bonchev–Trinajstić information content (AvgIpc) is 2.77. The predicted octanol–water partition coefficient (Wildman–Crippen LogP) is 2.68. The first-order chi connectivity index (χ1) is 8.45. The summed E-state index contributed by atoms with van der Waals surface area (Å²) in [7, 11) is -3.41. The summed E-state index contributed by atoms with van der Waals surface area (Å²) in [6.07, 6.45) is -0.0839. The van der Waals surface area contributed by atoms with Gasteiger partial charge in [-0.05, 0) is 35.0 Å². The number of alkyl halides is 1. The lowest BCUT2D eigenvalue weighted by Gasteiger charge is -2.36. The molecule has 0 aliphatic carbocycles. The van der Waals surface area contributed by atoms with Crippen molar-refractivity contribution < 1.29 is 13.2 Å². The standard InChI is InChI=1S/C10H13Br2NO3S2/c1-7-6-16-8(4-11)5-13(7)18(14,15)10-3-2-9(12)17-10/h2-3,7-8H,4-6H2,1H3. The Kier molecular flexibility index (Phi) is 4.88. The van der Waals surface area contributed by atoms with Crippen molar-refractivity contribution >= 4 is 53.2 Å². The van der Waals surface area contributed by atoms with Crippen molar-refractivity contribution in [2.75, 3.05) is 18.5 Å². The smallest absolute Gasteiger partial charge is 0.253 e. The quantitative estimate of drug-likeness (QED) is 0.709. The third-order valence-corrected chi connectivity index (χ3v) is 7.53. The van der Waals surface area contributed by atoms with E-state index in [1.54, 1.807) is 12.1 Å². The first-order valence-electron chi connectivity index (χ1n) is 5.40. The van der Waals surface area contributed by atoms with E-state index in [9.17, 15) is 8.42 Å². The molecule has 4 nitrogen and oxygen atoms in total. The molecule has 1 aliphatic heterocycles. The van der Waals surface area contributed by atoms with Gasteiger partial charge in [0.1, 0.15) is 4.21 Å². The van der Waals surface area contributed by atoms with Crippen LogP contribution in [0.5, 0.6) is 0 Å². The van der Waals surface area contributed by atoms with Gasteiger partial charge in [-0.25, -0.2) is 8.42 Å². The molecule has 0 N–H and O–H groups in total. The summed E-state index contributed by atoms with van der Waals surface area (Å²) in [6, 6.07) is 3.26. The molecule has 1 aromatic heterocycles. The summed E-state index contributed by atoms with van der Waals surface area (Å²) >= 11 is 7.86. The molecule has 1 fully saturated rings. The van der Waals surface area contributed by atoms with Crippen LogP contribution in [0.1, 0.15) is 6.92 Å². The first-order valence-corrected chi connectivity index (χ1v) is 9.57. The molecule has 0 amide bonds. The van der Waals surface area contributed by atoms with Crippen LogP contribution in [-0.4, -0.2) is 43.4 Å². The van der Waals surface area contributed by atoms with Crippen molar-refractivity contribution in [1.82, 2.24) is 4.31 Å². The van der Waals surface area contributed by atoms with Gasteiger partial charge in [-0.1, -0.05) is 15.9 Å². The van der Waals surface area contributed by atoms with E-state index in [-0.39, 0.29) is 12.1 Å². The SMILES string of the molecule is CC1COC(CBr)CN1S(=O)(=O)c1ccc(Br)s1. The lowest BCUT2D eigenvalue weighted by Crippen LogP contribution is -2.51. The van der Waals surface area contributed by atoms with Gasteiger partial charge in [0, 0.05) is 17.9 Å². The van der Waals surface area contributed by atoms with Gasteiger partial charge in [0.25, 0.3) is 10.0 Å². The van der Waals surface area contributed by atoms with E-state index in [2.05, 4.69) is 31.9 Å². The number of hydrogen-bond acceptors (Lipinski definition) is 4. The number of thiophene rings is 1. The molecule has 2 heterocycles. The first kappa shape index (κ1) is 14.9. The number of morpholine rings is 1. The second kappa shape index (κ2) is 5.88. The lowest BCUT2D eigenvalue weighted by atomic mass is 10.2. The van der Waals surface area contributed by atoms with Gasteiger partial charge >= 0.3 is 0 Å². The number of sulfonamides is 1. The maximum absolute atomic E-state index is 12.5. The van der Waals surface area contributed by atoms with E-state index in [1.807, 2.05) is 6.92 Å². The minimum atomic E-state index is -3.41. The predicted molar refractivity (Wildman–Crippen MR) is 78.9 cm³/mol. The molecule has 0 saturated carbocycles. The maximum Gasteiger partial charge on any atom is 0.253 e. The van der Waals surface area contributed by atoms with Crippen LogP contribution in [-0.2, 0) is 14.8 Å². The molecule has 8 heteroatoms. The van der Waals surface area contributed by atoms with Gasteiger partial charge in [0.2, 0.25) is 0 Å².